The minimum absolute atomic E-state index is 0.363. The molecular weight excluding hydrogens is 290 g/mol. The Morgan fingerprint density at radius 1 is 0.957 bits per heavy atom. The molecule has 0 aliphatic carbocycles. The SMILES string of the molecule is NCc1cccc(CN/C=C2/C(=O)NC(=O)c3ccccc32)c1. The van der Waals surface area contributed by atoms with Gasteiger partial charge in [0.05, 0.1) is 5.57 Å². The molecule has 1 aliphatic rings. The molecule has 0 unspecified atom stereocenters. The van der Waals surface area contributed by atoms with E-state index in [0.717, 1.165) is 11.1 Å². The van der Waals surface area contributed by atoms with Crippen LogP contribution in [0, 0.1) is 0 Å². The van der Waals surface area contributed by atoms with E-state index in [1.54, 1.807) is 24.4 Å². The van der Waals surface area contributed by atoms with Gasteiger partial charge in [-0.3, -0.25) is 14.9 Å². The second-order valence-electron chi connectivity index (χ2n) is 5.29. The van der Waals surface area contributed by atoms with Crippen molar-refractivity contribution >= 4 is 17.4 Å². The third-order valence-corrected chi connectivity index (χ3v) is 3.71. The molecule has 2 amide bonds. The largest absolute Gasteiger partial charge is 0.386 e. The van der Waals surface area contributed by atoms with E-state index in [0.29, 0.717) is 29.8 Å². The zero-order chi connectivity index (χ0) is 16.2. The molecular formula is C18H17N3O2. The van der Waals surface area contributed by atoms with E-state index in [4.69, 9.17) is 5.73 Å². The van der Waals surface area contributed by atoms with Crippen LogP contribution in [0.5, 0.6) is 0 Å². The van der Waals surface area contributed by atoms with Crippen molar-refractivity contribution in [3.63, 3.8) is 0 Å². The van der Waals surface area contributed by atoms with Crippen LogP contribution in [-0.2, 0) is 17.9 Å². The van der Waals surface area contributed by atoms with Crippen LogP contribution in [0.15, 0.2) is 54.7 Å². The minimum atomic E-state index is -0.392. The number of nitrogens with one attached hydrogen (secondary N) is 2. The Morgan fingerprint density at radius 2 is 1.70 bits per heavy atom. The van der Waals surface area contributed by atoms with Crippen LogP contribution in [0.3, 0.4) is 0 Å². The number of carbonyl (C=O) groups excluding carboxylic acids is 2. The fourth-order valence-electron chi connectivity index (χ4n) is 2.56. The van der Waals surface area contributed by atoms with Crippen molar-refractivity contribution in [2.24, 2.45) is 5.73 Å². The fourth-order valence-corrected chi connectivity index (χ4v) is 2.56. The number of fused-ring (bicyclic) bond motifs is 1. The Morgan fingerprint density at radius 3 is 2.48 bits per heavy atom. The molecule has 0 fully saturated rings. The highest BCUT2D eigenvalue weighted by molar-refractivity contribution is 6.30. The molecule has 1 heterocycles. The van der Waals surface area contributed by atoms with Gasteiger partial charge in [-0.2, -0.15) is 0 Å². The minimum Gasteiger partial charge on any atom is -0.386 e. The first-order chi connectivity index (χ1) is 11.2. The average molecular weight is 307 g/mol. The number of amides is 2. The van der Waals surface area contributed by atoms with Crippen LogP contribution >= 0.6 is 0 Å². The van der Waals surface area contributed by atoms with E-state index >= 15 is 0 Å². The van der Waals surface area contributed by atoms with Gasteiger partial charge >= 0.3 is 0 Å². The van der Waals surface area contributed by atoms with Gasteiger partial charge in [-0.05, 0) is 17.2 Å². The zero-order valence-corrected chi connectivity index (χ0v) is 12.5. The smallest absolute Gasteiger partial charge is 0.260 e. The first-order valence-corrected chi connectivity index (χ1v) is 7.35. The third kappa shape index (κ3) is 3.14. The summed E-state index contributed by atoms with van der Waals surface area (Å²) in [7, 11) is 0. The first kappa shape index (κ1) is 15.0. The lowest BCUT2D eigenvalue weighted by Gasteiger charge is -2.18. The Hall–Kier alpha value is -2.92. The lowest BCUT2D eigenvalue weighted by atomic mass is 9.96. The molecule has 2 aromatic rings. The van der Waals surface area contributed by atoms with Gasteiger partial charge in [-0.15, -0.1) is 0 Å². The molecule has 3 rings (SSSR count). The summed E-state index contributed by atoms with van der Waals surface area (Å²) in [5.41, 5.74) is 9.37. The second-order valence-corrected chi connectivity index (χ2v) is 5.29. The van der Waals surface area contributed by atoms with E-state index < -0.39 is 5.91 Å². The highest BCUT2D eigenvalue weighted by Gasteiger charge is 2.26. The molecule has 1 aliphatic heterocycles. The molecule has 0 saturated carbocycles. The Bertz CT molecular complexity index is 796. The molecule has 23 heavy (non-hydrogen) atoms. The number of carbonyl (C=O) groups is 2. The van der Waals surface area contributed by atoms with Gasteiger partial charge in [0, 0.05) is 30.4 Å². The first-order valence-electron chi connectivity index (χ1n) is 7.35. The van der Waals surface area contributed by atoms with Gasteiger partial charge < -0.3 is 11.1 Å². The summed E-state index contributed by atoms with van der Waals surface area (Å²) in [6.45, 7) is 1.06. The Kier molecular flexibility index (Phi) is 4.21. The maximum absolute atomic E-state index is 12.1. The van der Waals surface area contributed by atoms with Gasteiger partial charge in [0.25, 0.3) is 11.8 Å². The van der Waals surface area contributed by atoms with Crippen molar-refractivity contribution < 1.29 is 9.59 Å². The van der Waals surface area contributed by atoms with Crippen LogP contribution in [0.25, 0.3) is 5.57 Å². The Labute approximate surface area is 134 Å². The van der Waals surface area contributed by atoms with Gasteiger partial charge in [-0.1, -0.05) is 42.5 Å². The van der Waals surface area contributed by atoms with Crippen LogP contribution in [0.4, 0.5) is 0 Å². The van der Waals surface area contributed by atoms with Gasteiger partial charge in [-0.25, -0.2) is 0 Å². The number of nitrogens with two attached hydrogens (primary N) is 1. The summed E-state index contributed by atoms with van der Waals surface area (Å²) >= 11 is 0. The maximum Gasteiger partial charge on any atom is 0.260 e. The maximum atomic E-state index is 12.1. The Balaban J connectivity index is 1.80. The van der Waals surface area contributed by atoms with Crippen molar-refractivity contribution in [1.29, 1.82) is 0 Å². The van der Waals surface area contributed by atoms with Crippen molar-refractivity contribution in [3.05, 3.63) is 77.0 Å². The van der Waals surface area contributed by atoms with Gasteiger partial charge in [0.2, 0.25) is 0 Å². The normalized spacial score (nSPS) is 15.3. The summed E-state index contributed by atoms with van der Waals surface area (Å²) in [6.07, 6.45) is 1.65. The fraction of sp³-hybridized carbons (Fsp3) is 0.111. The summed E-state index contributed by atoms with van der Waals surface area (Å²) in [4.78, 5) is 23.9. The van der Waals surface area contributed by atoms with E-state index in [9.17, 15) is 9.59 Å². The molecule has 4 N–H and O–H groups in total. The summed E-state index contributed by atoms with van der Waals surface area (Å²) in [6, 6.07) is 15.0. The number of rotatable bonds is 4. The van der Waals surface area contributed by atoms with Gasteiger partial charge in [0.15, 0.2) is 0 Å². The number of benzene rings is 2. The monoisotopic (exact) mass is 307 g/mol. The van der Waals surface area contributed by atoms with E-state index in [-0.39, 0.29) is 5.91 Å². The quantitative estimate of drug-likeness (QED) is 0.591. The summed E-state index contributed by atoms with van der Waals surface area (Å²) in [5, 5.41) is 5.48. The molecule has 0 radical (unpaired) electrons. The molecule has 0 atom stereocenters. The van der Waals surface area contributed by atoms with Crippen LogP contribution in [0.1, 0.15) is 27.0 Å². The van der Waals surface area contributed by atoms with Crippen LogP contribution in [-0.4, -0.2) is 11.8 Å². The zero-order valence-electron chi connectivity index (χ0n) is 12.5. The van der Waals surface area contributed by atoms with Crippen molar-refractivity contribution in [2.75, 3.05) is 0 Å². The van der Waals surface area contributed by atoms with Crippen molar-refractivity contribution in [1.82, 2.24) is 10.6 Å². The molecule has 5 heteroatoms. The average Bonchev–Trinajstić information content (AvgIpc) is 2.58. The number of hydrogen-bond acceptors (Lipinski definition) is 4. The summed E-state index contributed by atoms with van der Waals surface area (Å²) < 4.78 is 0. The molecule has 116 valence electrons. The third-order valence-electron chi connectivity index (χ3n) is 3.71. The van der Waals surface area contributed by atoms with Crippen LogP contribution in [0.2, 0.25) is 0 Å². The van der Waals surface area contributed by atoms with E-state index in [1.165, 1.54) is 0 Å². The second kappa shape index (κ2) is 6.46. The van der Waals surface area contributed by atoms with Crippen molar-refractivity contribution in [2.45, 2.75) is 13.1 Å². The number of hydrogen-bond donors (Lipinski definition) is 3. The molecule has 5 nitrogen and oxygen atoms in total. The van der Waals surface area contributed by atoms with Crippen LogP contribution < -0.4 is 16.4 Å². The molecule has 2 aromatic carbocycles. The standard InChI is InChI=1S/C18H17N3O2/c19-9-12-4-3-5-13(8-12)10-20-11-16-14-6-1-2-7-15(14)17(22)21-18(16)23/h1-8,11,20H,9-10,19H2,(H,21,22,23)/b16-11+. The lowest BCUT2D eigenvalue weighted by molar-refractivity contribution is -0.114. The molecule has 0 aromatic heterocycles. The molecule has 0 bridgehead atoms. The predicted molar refractivity (Wildman–Crippen MR) is 88.1 cm³/mol. The highest BCUT2D eigenvalue weighted by Crippen LogP contribution is 2.23. The predicted octanol–water partition coefficient (Wildman–Crippen LogP) is 1.55. The van der Waals surface area contributed by atoms with E-state index in [1.807, 2.05) is 30.3 Å². The highest BCUT2D eigenvalue weighted by atomic mass is 16.2. The van der Waals surface area contributed by atoms with Crippen molar-refractivity contribution in [3.8, 4) is 0 Å². The van der Waals surface area contributed by atoms with Gasteiger partial charge in [0.1, 0.15) is 0 Å². The number of imide groups is 1. The molecule has 0 saturated heterocycles. The topological polar surface area (TPSA) is 84.2 Å². The van der Waals surface area contributed by atoms with E-state index in [2.05, 4.69) is 10.6 Å². The lowest BCUT2D eigenvalue weighted by Crippen LogP contribution is -2.36. The summed E-state index contributed by atoms with van der Waals surface area (Å²) in [5.74, 6) is -0.754. The molecule has 0 spiro atoms.